The molecule has 0 aromatic heterocycles. The lowest BCUT2D eigenvalue weighted by Crippen LogP contribution is -2.28. The van der Waals surface area contributed by atoms with E-state index in [0.717, 1.165) is 25.8 Å². The number of amides is 2. The van der Waals surface area contributed by atoms with E-state index in [9.17, 15) is 14.0 Å². The molecule has 0 radical (unpaired) electrons. The maximum absolute atomic E-state index is 14.2. The topological polar surface area (TPSA) is 55.8 Å². The summed E-state index contributed by atoms with van der Waals surface area (Å²) in [7, 11) is 1.54. The van der Waals surface area contributed by atoms with Crippen molar-refractivity contribution in [1.29, 1.82) is 0 Å². The van der Waals surface area contributed by atoms with E-state index in [-0.39, 0.29) is 22.0 Å². The first-order valence-electron chi connectivity index (χ1n) is 10.1. The van der Waals surface area contributed by atoms with Crippen molar-refractivity contribution in [3.8, 4) is 11.5 Å². The summed E-state index contributed by atoms with van der Waals surface area (Å²) in [4.78, 5) is 26.6. The molecule has 1 heterocycles. The summed E-state index contributed by atoms with van der Waals surface area (Å²) in [6.07, 6.45) is 1.61. The minimum Gasteiger partial charge on any atom is -0.493 e. The third-order valence-corrected chi connectivity index (χ3v) is 7.09. The smallest absolute Gasteiger partial charge is 0.293 e. The predicted octanol–water partition coefficient (Wildman–Crippen LogP) is 6.91. The maximum Gasteiger partial charge on any atom is 0.293 e. The third-order valence-electron chi connectivity index (χ3n) is 5.03. The van der Waals surface area contributed by atoms with E-state index in [1.807, 2.05) is 36.4 Å². The number of rotatable bonds is 7. The van der Waals surface area contributed by atoms with Crippen LogP contribution in [0, 0.1) is 9.39 Å². The first-order valence-corrected chi connectivity index (χ1v) is 12.4. The number of nitrogens with zero attached hydrogens (tertiary/aromatic N) is 1. The Morgan fingerprint density at radius 3 is 2.59 bits per heavy atom. The number of carbonyl (C=O) groups is 2. The summed E-state index contributed by atoms with van der Waals surface area (Å²) in [5.74, 6) is 0.0199. The zero-order chi connectivity index (χ0) is 24.2. The van der Waals surface area contributed by atoms with Crippen LogP contribution in [0.25, 0.3) is 6.08 Å². The fourth-order valence-electron chi connectivity index (χ4n) is 3.32. The standard InChI is InChI=1S/C25H18ClFINO4S/c1-32-21-11-16(10-20(28)23(21)33-14-15-6-3-2-4-7-15)12-22-24(30)29(25(31)34-22)13-17-18(26)8-5-9-19(17)27/h2-12H,13-14H2,1H3/b22-12+. The van der Waals surface area contributed by atoms with Crippen LogP contribution in [0.3, 0.4) is 0 Å². The lowest BCUT2D eigenvalue weighted by molar-refractivity contribution is -0.123. The van der Waals surface area contributed by atoms with Gasteiger partial charge in [-0.1, -0.05) is 48.0 Å². The van der Waals surface area contributed by atoms with E-state index in [0.29, 0.717) is 23.7 Å². The van der Waals surface area contributed by atoms with Crippen molar-refractivity contribution in [2.24, 2.45) is 0 Å². The molecule has 174 valence electrons. The van der Waals surface area contributed by atoms with Gasteiger partial charge in [0.05, 0.1) is 22.1 Å². The molecule has 1 aliphatic rings. The Hall–Kier alpha value is -2.56. The number of imide groups is 1. The Balaban J connectivity index is 1.56. The SMILES string of the molecule is COc1cc(/C=C2/SC(=O)N(Cc3c(F)cccc3Cl)C2=O)cc(I)c1OCc1ccccc1. The van der Waals surface area contributed by atoms with Gasteiger partial charge in [0.1, 0.15) is 12.4 Å². The summed E-state index contributed by atoms with van der Waals surface area (Å²) < 4.78 is 26.4. The van der Waals surface area contributed by atoms with Gasteiger partial charge >= 0.3 is 0 Å². The molecule has 3 aromatic carbocycles. The molecule has 0 aliphatic carbocycles. The molecule has 34 heavy (non-hydrogen) atoms. The highest BCUT2D eigenvalue weighted by Crippen LogP contribution is 2.38. The second kappa shape index (κ2) is 10.8. The lowest BCUT2D eigenvalue weighted by atomic mass is 10.1. The summed E-state index contributed by atoms with van der Waals surface area (Å²) in [6, 6.07) is 17.6. The van der Waals surface area contributed by atoms with Crippen molar-refractivity contribution in [1.82, 2.24) is 4.90 Å². The highest BCUT2D eigenvalue weighted by atomic mass is 127. The van der Waals surface area contributed by atoms with Gasteiger partial charge in [0, 0.05) is 10.6 Å². The number of hydrogen-bond acceptors (Lipinski definition) is 5. The zero-order valence-electron chi connectivity index (χ0n) is 17.9. The minimum absolute atomic E-state index is 0.101. The molecule has 0 spiro atoms. The Labute approximate surface area is 219 Å². The molecule has 0 atom stereocenters. The van der Waals surface area contributed by atoms with Gasteiger partial charge in [-0.3, -0.25) is 14.5 Å². The van der Waals surface area contributed by atoms with Crippen molar-refractivity contribution in [2.45, 2.75) is 13.2 Å². The number of halogens is 3. The van der Waals surface area contributed by atoms with E-state index < -0.39 is 17.0 Å². The molecule has 1 saturated heterocycles. The highest BCUT2D eigenvalue weighted by Gasteiger charge is 2.36. The van der Waals surface area contributed by atoms with Gasteiger partial charge < -0.3 is 9.47 Å². The summed E-state index contributed by atoms with van der Waals surface area (Å²) in [5, 5.41) is -0.326. The van der Waals surface area contributed by atoms with Crippen LogP contribution in [-0.2, 0) is 17.9 Å². The Morgan fingerprint density at radius 2 is 1.88 bits per heavy atom. The van der Waals surface area contributed by atoms with Crippen LogP contribution in [0.4, 0.5) is 9.18 Å². The Kier molecular flexibility index (Phi) is 7.80. The van der Waals surface area contributed by atoms with Gasteiger partial charge in [0.25, 0.3) is 11.1 Å². The molecule has 0 bridgehead atoms. The highest BCUT2D eigenvalue weighted by molar-refractivity contribution is 14.1. The largest absolute Gasteiger partial charge is 0.493 e. The second-order valence-electron chi connectivity index (χ2n) is 7.28. The molecule has 4 rings (SSSR count). The molecule has 0 unspecified atom stereocenters. The average molecular weight is 610 g/mol. The number of methoxy groups -OCH3 is 1. The van der Waals surface area contributed by atoms with Crippen LogP contribution in [0.1, 0.15) is 16.7 Å². The molecule has 2 amide bonds. The zero-order valence-corrected chi connectivity index (χ0v) is 21.6. The average Bonchev–Trinajstić information content (AvgIpc) is 3.08. The quantitative estimate of drug-likeness (QED) is 0.215. The van der Waals surface area contributed by atoms with Crippen LogP contribution in [0.15, 0.2) is 65.6 Å². The minimum atomic E-state index is -0.569. The van der Waals surface area contributed by atoms with Gasteiger partial charge in [0.15, 0.2) is 11.5 Å². The summed E-state index contributed by atoms with van der Waals surface area (Å²) in [5.41, 5.74) is 1.79. The van der Waals surface area contributed by atoms with E-state index in [1.165, 1.54) is 25.3 Å². The molecule has 3 aromatic rings. The maximum atomic E-state index is 14.2. The van der Waals surface area contributed by atoms with Gasteiger partial charge in [-0.15, -0.1) is 0 Å². The van der Waals surface area contributed by atoms with Crippen LogP contribution in [-0.4, -0.2) is 23.2 Å². The summed E-state index contributed by atoms with van der Waals surface area (Å²) in [6.45, 7) is 0.144. The Bertz CT molecular complexity index is 1270. The number of hydrogen-bond donors (Lipinski definition) is 0. The number of carbonyl (C=O) groups excluding carboxylic acids is 2. The third kappa shape index (κ3) is 5.39. The molecule has 1 aliphatic heterocycles. The van der Waals surface area contributed by atoms with Gasteiger partial charge in [-0.25, -0.2) is 4.39 Å². The molecule has 0 N–H and O–H groups in total. The molecule has 0 saturated carbocycles. The van der Waals surface area contributed by atoms with E-state index in [1.54, 1.807) is 12.1 Å². The number of thioether (sulfide) groups is 1. The molecular formula is C25H18ClFINO4S. The molecular weight excluding hydrogens is 592 g/mol. The van der Waals surface area contributed by atoms with Crippen molar-refractivity contribution in [2.75, 3.05) is 7.11 Å². The molecule has 5 nitrogen and oxygen atoms in total. The van der Waals surface area contributed by atoms with Gasteiger partial charge in [0.2, 0.25) is 0 Å². The summed E-state index contributed by atoms with van der Waals surface area (Å²) >= 11 is 9.00. The van der Waals surface area contributed by atoms with Crippen molar-refractivity contribution < 1.29 is 23.5 Å². The fourth-order valence-corrected chi connectivity index (χ4v) is 5.16. The molecule has 9 heteroatoms. The predicted molar refractivity (Wildman–Crippen MR) is 139 cm³/mol. The van der Waals surface area contributed by atoms with Crippen LogP contribution in [0.2, 0.25) is 5.02 Å². The normalized spacial score (nSPS) is 14.7. The second-order valence-corrected chi connectivity index (χ2v) is 9.84. The number of ether oxygens (including phenoxy) is 2. The van der Waals surface area contributed by atoms with Crippen LogP contribution < -0.4 is 9.47 Å². The van der Waals surface area contributed by atoms with Gasteiger partial charge in [-0.2, -0.15) is 0 Å². The first kappa shape index (κ1) is 24.6. The van der Waals surface area contributed by atoms with Crippen molar-refractivity contribution in [3.63, 3.8) is 0 Å². The van der Waals surface area contributed by atoms with Crippen LogP contribution >= 0.6 is 46.0 Å². The lowest BCUT2D eigenvalue weighted by Gasteiger charge is -2.14. The Morgan fingerprint density at radius 1 is 1.12 bits per heavy atom. The van der Waals surface area contributed by atoms with Crippen molar-refractivity contribution in [3.05, 3.63) is 96.7 Å². The van der Waals surface area contributed by atoms with Crippen molar-refractivity contribution >= 4 is 63.2 Å². The monoisotopic (exact) mass is 609 g/mol. The van der Waals surface area contributed by atoms with E-state index in [2.05, 4.69) is 22.6 Å². The van der Waals surface area contributed by atoms with Gasteiger partial charge in [-0.05, 0) is 75.8 Å². The van der Waals surface area contributed by atoms with Crippen LogP contribution in [0.5, 0.6) is 11.5 Å². The van der Waals surface area contributed by atoms with E-state index in [4.69, 9.17) is 21.1 Å². The first-order chi connectivity index (χ1) is 16.4. The molecule has 1 fully saturated rings. The number of benzene rings is 3. The fraction of sp³-hybridized carbons (Fsp3) is 0.120. The van der Waals surface area contributed by atoms with E-state index >= 15 is 0 Å².